The second-order valence-corrected chi connectivity index (χ2v) is 21.4. The van der Waals surface area contributed by atoms with Gasteiger partial charge in [0.1, 0.15) is 5.69 Å². The zero-order valence-electron chi connectivity index (χ0n) is 34.5. The molecule has 0 N–H and O–H groups in total. The molecule has 3 aromatic heterocycles. The molecule has 394 valence electrons. The van der Waals surface area contributed by atoms with Crippen molar-refractivity contribution >= 4 is 172 Å². The molecule has 4 nitrogen and oxygen atoms in total. The SMILES string of the molecule is Fc1c(F)c(F)c(C2=C(Br)c3nc2c(Br)c2c(-c4c(F)c(F)c(F)c(F)c4F)c(-c4c(F)c(F)c(F)c(F)c4F)c(c(Br)c4nc(c(Br)c5c(Br)c(Br)c(c3Br)n5Br)C=C4)n2-c2c(F)c(F)c(F)c(F)c2F)c(F)c1F. The molecule has 0 radical (unpaired) electrons. The molecule has 32 heteroatoms. The van der Waals surface area contributed by atoms with Crippen LogP contribution in [0.1, 0.15) is 28.3 Å². The standard InChI is InChI=1S/C44H2Br8F20N4/c45-11-3-1-2-4(73-3)12(46)42-14(48)15(49)43(76(42)52)17(51)39-13(47)7(10-22(57)28(63)32(67)29(64)23(10)58)38(74-39)16(50)41-6(9-20(55)26(61)31(66)27(62)21(9)56)5(8-18(53)24(59)30(65)25(60)19(8)54)40(11)75(41)44-36(71)34(69)33(68)35(70)37(44)72/h1-2H. The van der Waals surface area contributed by atoms with E-state index in [1.54, 1.807) is 0 Å². The summed E-state index contributed by atoms with van der Waals surface area (Å²) in [6.45, 7) is 0. The van der Waals surface area contributed by atoms with Gasteiger partial charge >= 0.3 is 0 Å². The van der Waals surface area contributed by atoms with Crippen molar-refractivity contribution in [2.45, 2.75) is 0 Å². The van der Waals surface area contributed by atoms with E-state index in [-0.39, 0.29) is 30.1 Å². The first-order chi connectivity index (χ1) is 35.4. The lowest BCUT2D eigenvalue weighted by Crippen LogP contribution is -2.11. The maximum absolute atomic E-state index is 16.8. The molecular formula is C44H2Br8F20N4. The summed E-state index contributed by atoms with van der Waals surface area (Å²) in [5, 5.41) is 0. The third kappa shape index (κ3) is 7.91. The molecule has 9 rings (SSSR count). The molecule has 76 heavy (non-hydrogen) atoms. The largest absolute Gasteiger partial charge is 0.301 e. The number of hydrogen-bond donors (Lipinski definition) is 0. The Balaban J connectivity index is 1.82. The van der Waals surface area contributed by atoms with E-state index in [2.05, 4.69) is 138 Å². The Kier molecular flexibility index (Phi) is 14.8. The third-order valence-corrected chi connectivity index (χ3v) is 17.8. The molecule has 0 saturated carbocycles. The molecule has 0 unspecified atom stereocenters. The molecule has 8 bridgehead atoms. The van der Waals surface area contributed by atoms with Crippen molar-refractivity contribution in [3.05, 3.63) is 172 Å². The minimum absolute atomic E-state index is 0.00483. The van der Waals surface area contributed by atoms with Crippen molar-refractivity contribution < 1.29 is 87.8 Å². The predicted molar refractivity (Wildman–Crippen MR) is 260 cm³/mol. The fraction of sp³-hybridized carbons (Fsp3) is 0. The van der Waals surface area contributed by atoms with Gasteiger partial charge in [-0.3, -0.25) is 3.59 Å². The first kappa shape index (κ1) is 56.6. The number of hydrogen-bond acceptors (Lipinski definition) is 2. The van der Waals surface area contributed by atoms with Crippen molar-refractivity contribution in [2.75, 3.05) is 0 Å². The van der Waals surface area contributed by atoms with E-state index in [1.807, 2.05) is 0 Å². The zero-order chi connectivity index (χ0) is 56.2. The molecule has 5 heterocycles. The van der Waals surface area contributed by atoms with Crippen molar-refractivity contribution in [2.24, 2.45) is 0 Å². The van der Waals surface area contributed by atoms with E-state index in [4.69, 9.17) is 0 Å². The highest BCUT2D eigenvalue weighted by Gasteiger charge is 2.42. The summed E-state index contributed by atoms with van der Waals surface area (Å²) < 4.78 is 313. The molecule has 0 fully saturated rings. The highest BCUT2D eigenvalue weighted by molar-refractivity contribution is 9.15. The molecule has 0 amide bonds. The van der Waals surface area contributed by atoms with Crippen LogP contribution in [0.3, 0.4) is 0 Å². The fourth-order valence-electron chi connectivity index (χ4n) is 7.86. The summed E-state index contributed by atoms with van der Waals surface area (Å²) in [5.41, 5.74) is -23.3. The summed E-state index contributed by atoms with van der Waals surface area (Å²) >= 11 is 25.0. The normalized spacial score (nSPS) is 12.6. The van der Waals surface area contributed by atoms with E-state index in [0.29, 0.717) is 0 Å². The number of aromatic nitrogens is 4. The minimum Gasteiger partial charge on any atom is -0.301 e. The summed E-state index contributed by atoms with van der Waals surface area (Å²) in [4.78, 5) is 8.45. The van der Waals surface area contributed by atoms with Gasteiger partial charge in [-0.25, -0.2) is 97.8 Å². The van der Waals surface area contributed by atoms with E-state index in [1.165, 1.54) is 0 Å². The van der Waals surface area contributed by atoms with Gasteiger partial charge in [-0.05, 0) is 124 Å². The molecular weight excluding hydrogens is 1600 g/mol. The van der Waals surface area contributed by atoms with Gasteiger partial charge in [-0.2, -0.15) is 0 Å². The lowest BCUT2D eigenvalue weighted by atomic mass is 9.93. The average molecular weight is 1610 g/mol. The Labute approximate surface area is 473 Å². The average Bonchev–Trinajstić information content (AvgIpc) is 4.24. The van der Waals surface area contributed by atoms with E-state index < -0.39 is 206 Å². The summed E-state index contributed by atoms with van der Waals surface area (Å²) in [5.74, 6) is -59.4. The van der Waals surface area contributed by atoms with Crippen molar-refractivity contribution in [1.29, 1.82) is 0 Å². The van der Waals surface area contributed by atoms with E-state index in [9.17, 15) is 17.6 Å². The van der Waals surface area contributed by atoms with E-state index >= 15 is 70.2 Å². The van der Waals surface area contributed by atoms with Crippen molar-refractivity contribution in [3.8, 4) is 27.9 Å². The van der Waals surface area contributed by atoms with Crippen LogP contribution in [0.5, 0.6) is 0 Å². The maximum atomic E-state index is 16.8. The molecule has 0 atom stereocenters. The Morgan fingerprint density at radius 2 is 0.579 bits per heavy atom. The van der Waals surface area contributed by atoms with Crippen LogP contribution in [0.15, 0.2) is 26.8 Å². The third-order valence-electron chi connectivity index (χ3n) is 11.2. The Morgan fingerprint density at radius 1 is 0.289 bits per heavy atom. The smallest absolute Gasteiger partial charge is 0.200 e. The van der Waals surface area contributed by atoms with Crippen LogP contribution in [0.2, 0.25) is 0 Å². The molecule has 0 aliphatic carbocycles. The van der Waals surface area contributed by atoms with Gasteiger partial charge < -0.3 is 4.57 Å². The Bertz CT molecular complexity index is 4060. The lowest BCUT2D eigenvalue weighted by molar-refractivity contribution is 0.376. The van der Waals surface area contributed by atoms with E-state index in [0.717, 1.165) is 15.7 Å². The van der Waals surface area contributed by atoms with Crippen LogP contribution in [-0.4, -0.2) is 18.1 Å². The second-order valence-electron chi connectivity index (χ2n) is 15.1. The summed E-state index contributed by atoms with van der Waals surface area (Å²) in [6, 6.07) is 0. The van der Waals surface area contributed by atoms with Crippen LogP contribution in [-0.2, 0) is 0 Å². The Hall–Kier alpha value is -4.08. The predicted octanol–water partition coefficient (Wildman–Crippen LogP) is 19.6. The van der Waals surface area contributed by atoms with Crippen LogP contribution in [0.4, 0.5) is 87.8 Å². The number of halogens is 28. The molecule has 2 aliphatic rings. The maximum Gasteiger partial charge on any atom is 0.200 e. The molecule has 7 aromatic rings. The van der Waals surface area contributed by atoms with Crippen LogP contribution >= 0.6 is 128 Å². The molecule has 4 aromatic carbocycles. The first-order valence-corrected chi connectivity index (χ1v) is 25.5. The monoisotopic (exact) mass is 1600 g/mol. The number of nitrogens with zero attached hydrogens (tertiary/aromatic N) is 4. The minimum atomic E-state index is -3.10. The van der Waals surface area contributed by atoms with Crippen LogP contribution in [0, 0.1) is 116 Å². The highest BCUT2D eigenvalue weighted by atomic mass is 79.9. The summed E-state index contributed by atoms with van der Waals surface area (Å²) in [6.07, 6.45) is 1.90. The second kappa shape index (κ2) is 19.9. The summed E-state index contributed by atoms with van der Waals surface area (Å²) in [7, 11) is 0. The van der Waals surface area contributed by atoms with Crippen LogP contribution in [0.25, 0.3) is 72.2 Å². The number of benzene rings is 4. The molecule has 0 spiro atoms. The molecule has 0 saturated heterocycles. The highest BCUT2D eigenvalue weighted by Crippen LogP contribution is 2.55. The number of fused-ring (bicyclic) bond motifs is 8. The van der Waals surface area contributed by atoms with Gasteiger partial charge in [-0.15, -0.1) is 0 Å². The van der Waals surface area contributed by atoms with Gasteiger partial charge in [0.2, 0.25) is 23.3 Å². The van der Waals surface area contributed by atoms with Gasteiger partial charge in [0.05, 0.1) is 109 Å². The zero-order valence-corrected chi connectivity index (χ0v) is 47.2. The topological polar surface area (TPSA) is 35.6 Å². The van der Waals surface area contributed by atoms with Crippen molar-refractivity contribution in [1.82, 2.24) is 18.1 Å². The van der Waals surface area contributed by atoms with Gasteiger partial charge in [0.15, 0.2) is 93.1 Å². The van der Waals surface area contributed by atoms with Crippen molar-refractivity contribution in [3.63, 3.8) is 0 Å². The fourth-order valence-corrected chi connectivity index (χ4v) is 14.6. The van der Waals surface area contributed by atoms with Gasteiger partial charge in [0, 0.05) is 16.7 Å². The van der Waals surface area contributed by atoms with Crippen LogP contribution < -0.4 is 0 Å². The van der Waals surface area contributed by atoms with Gasteiger partial charge in [0.25, 0.3) is 0 Å². The first-order valence-electron chi connectivity index (χ1n) is 19.2. The lowest BCUT2D eigenvalue weighted by Gasteiger charge is -2.15. The number of rotatable bonds is 4. The quantitative estimate of drug-likeness (QED) is 0.100. The Morgan fingerprint density at radius 3 is 0.961 bits per heavy atom. The van der Waals surface area contributed by atoms with Gasteiger partial charge in [-0.1, -0.05) is 0 Å². The molecule has 2 aliphatic heterocycles.